The first kappa shape index (κ1) is 9.93. The molecule has 1 unspecified atom stereocenters. The van der Waals surface area contributed by atoms with E-state index in [1.165, 1.54) is 0 Å². The van der Waals surface area contributed by atoms with Crippen LogP contribution in [0, 0.1) is 6.92 Å². The lowest BCUT2D eigenvalue weighted by molar-refractivity contribution is 0.686. The van der Waals surface area contributed by atoms with E-state index in [2.05, 4.69) is 11.6 Å². The Labute approximate surface area is 79.5 Å². The predicted octanol–water partition coefficient (Wildman–Crippen LogP) is 2.36. The standard InChI is InChI=1S/C11H16N2/c1-8(2)7-10(12)11-9(3)5-4-6-13-11/h4-6,10H,1,7,12H2,2-3H3. The minimum atomic E-state index is -0.0151. The first-order valence-corrected chi connectivity index (χ1v) is 4.42. The van der Waals surface area contributed by atoms with E-state index in [0.29, 0.717) is 0 Å². The van der Waals surface area contributed by atoms with Crippen LogP contribution < -0.4 is 5.73 Å². The molecule has 0 spiro atoms. The molecule has 0 aliphatic rings. The summed E-state index contributed by atoms with van der Waals surface area (Å²) >= 11 is 0. The van der Waals surface area contributed by atoms with Gasteiger partial charge in [-0.25, -0.2) is 0 Å². The maximum absolute atomic E-state index is 5.97. The van der Waals surface area contributed by atoms with Gasteiger partial charge < -0.3 is 5.73 Å². The third kappa shape index (κ3) is 2.67. The van der Waals surface area contributed by atoms with E-state index in [0.717, 1.165) is 23.3 Å². The van der Waals surface area contributed by atoms with Crippen molar-refractivity contribution in [2.75, 3.05) is 0 Å². The molecule has 13 heavy (non-hydrogen) atoms. The number of pyridine rings is 1. The quantitative estimate of drug-likeness (QED) is 0.718. The maximum atomic E-state index is 5.97. The van der Waals surface area contributed by atoms with Crippen LogP contribution in [0.3, 0.4) is 0 Å². The summed E-state index contributed by atoms with van der Waals surface area (Å²) in [6.45, 7) is 7.86. The van der Waals surface area contributed by atoms with Crippen molar-refractivity contribution in [1.29, 1.82) is 0 Å². The third-order valence-corrected chi connectivity index (χ3v) is 1.97. The highest BCUT2D eigenvalue weighted by atomic mass is 14.8. The Morgan fingerprint density at radius 3 is 2.92 bits per heavy atom. The average Bonchev–Trinajstić information content (AvgIpc) is 2.03. The van der Waals surface area contributed by atoms with E-state index in [1.807, 2.05) is 26.0 Å². The van der Waals surface area contributed by atoms with Gasteiger partial charge in [0.05, 0.1) is 11.7 Å². The molecule has 0 aliphatic heterocycles. The van der Waals surface area contributed by atoms with Crippen LogP contribution in [0.1, 0.15) is 30.6 Å². The summed E-state index contributed by atoms with van der Waals surface area (Å²) in [6, 6.07) is 3.94. The van der Waals surface area contributed by atoms with Crippen molar-refractivity contribution in [1.82, 2.24) is 4.98 Å². The van der Waals surface area contributed by atoms with Crippen molar-refractivity contribution >= 4 is 0 Å². The highest BCUT2D eigenvalue weighted by Crippen LogP contribution is 2.18. The monoisotopic (exact) mass is 176 g/mol. The van der Waals surface area contributed by atoms with Gasteiger partial charge in [-0.2, -0.15) is 0 Å². The molecule has 1 aromatic heterocycles. The smallest absolute Gasteiger partial charge is 0.0603 e. The maximum Gasteiger partial charge on any atom is 0.0603 e. The molecule has 0 saturated carbocycles. The molecule has 0 bridgehead atoms. The minimum absolute atomic E-state index is 0.0151. The van der Waals surface area contributed by atoms with Crippen molar-refractivity contribution in [3.8, 4) is 0 Å². The van der Waals surface area contributed by atoms with Gasteiger partial charge in [0.15, 0.2) is 0 Å². The van der Waals surface area contributed by atoms with Crippen molar-refractivity contribution in [3.63, 3.8) is 0 Å². The van der Waals surface area contributed by atoms with Gasteiger partial charge in [0.2, 0.25) is 0 Å². The summed E-state index contributed by atoms with van der Waals surface area (Å²) in [7, 11) is 0. The van der Waals surface area contributed by atoms with Gasteiger partial charge >= 0.3 is 0 Å². The van der Waals surface area contributed by atoms with Crippen LogP contribution in [-0.2, 0) is 0 Å². The summed E-state index contributed by atoms with van der Waals surface area (Å²) in [6.07, 6.45) is 2.58. The van der Waals surface area contributed by atoms with Gasteiger partial charge in [0.25, 0.3) is 0 Å². The Bertz CT molecular complexity index is 305. The number of nitrogens with zero attached hydrogens (tertiary/aromatic N) is 1. The highest BCUT2D eigenvalue weighted by Gasteiger charge is 2.09. The molecule has 0 fully saturated rings. The van der Waals surface area contributed by atoms with E-state index in [1.54, 1.807) is 6.20 Å². The van der Waals surface area contributed by atoms with Crippen molar-refractivity contribution in [3.05, 3.63) is 41.7 Å². The summed E-state index contributed by atoms with van der Waals surface area (Å²) in [4.78, 5) is 4.27. The van der Waals surface area contributed by atoms with Gasteiger partial charge in [-0.05, 0) is 31.9 Å². The average molecular weight is 176 g/mol. The molecule has 70 valence electrons. The van der Waals surface area contributed by atoms with E-state index in [-0.39, 0.29) is 6.04 Å². The topological polar surface area (TPSA) is 38.9 Å². The molecule has 2 heteroatoms. The van der Waals surface area contributed by atoms with E-state index >= 15 is 0 Å². The summed E-state index contributed by atoms with van der Waals surface area (Å²) < 4.78 is 0. The molecule has 1 aromatic rings. The molecule has 0 aliphatic carbocycles. The Hall–Kier alpha value is -1.15. The van der Waals surface area contributed by atoms with Gasteiger partial charge in [0, 0.05) is 6.20 Å². The molecule has 1 atom stereocenters. The van der Waals surface area contributed by atoms with Crippen LogP contribution >= 0.6 is 0 Å². The van der Waals surface area contributed by atoms with Gasteiger partial charge in [-0.15, -0.1) is 6.58 Å². The van der Waals surface area contributed by atoms with Gasteiger partial charge in [0.1, 0.15) is 0 Å². The fourth-order valence-electron chi connectivity index (χ4n) is 1.36. The second-order valence-electron chi connectivity index (χ2n) is 3.47. The molecule has 0 saturated heterocycles. The lowest BCUT2D eigenvalue weighted by Crippen LogP contribution is -2.13. The Morgan fingerprint density at radius 1 is 1.69 bits per heavy atom. The lowest BCUT2D eigenvalue weighted by atomic mass is 10.0. The van der Waals surface area contributed by atoms with Crippen molar-refractivity contribution < 1.29 is 0 Å². The Kier molecular flexibility index (Phi) is 3.20. The van der Waals surface area contributed by atoms with Gasteiger partial charge in [-0.1, -0.05) is 11.6 Å². The molecule has 0 amide bonds. The number of hydrogen-bond acceptors (Lipinski definition) is 2. The van der Waals surface area contributed by atoms with Crippen LogP contribution in [0.15, 0.2) is 30.5 Å². The zero-order chi connectivity index (χ0) is 9.84. The van der Waals surface area contributed by atoms with Crippen LogP contribution in [0.5, 0.6) is 0 Å². The molecular weight excluding hydrogens is 160 g/mol. The first-order valence-electron chi connectivity index (χ1n) is 4.42. The second kappa shape index (κ2) is 4.19. The largest absolute Gasteiger partial charge is 0.322 e. The molecule has 1 rings (SSSR count). The van der Waals surface area contributed by atoms with Crippen molar-refractivity contribution in [2.45, 2.75) is 26.3 Å². The van der Waals surface area contributed by atoms with Gasteiger partial charge in [-0.3, -0.25) is 4.98 Å². The minimum Gasteiger partial charge on any atom is -0.322 e. The summed E-state index contributed by atoms with van der Waals surface area (Å²) in [5.41, 5.74) is 9.20. The number of nitrogens with two attached hydrogens (primary N) is 1. The number of aryl methyl sites for hydroxylation is 1. The zero-order valence-corrected chi connectivity index (χ0v) is 8.25. The normalized spacial score (nSPS) is 12.5. The molecule has 0 aromatic carbocycles. The Morgan fingerprint density at radius 2 is 2.38 bits per heavy atom. The Balaban J connectivity index is 2.82. The number of aromatic nitrogens is 1. The molecular formula is C11H16N2. The molecule has 2 N–H and O–H groups in total. The molecule has 1 heterocycles. The predicted molar refractivity (Wildman–Crippen MR) is 55.3 cm³/mol. The van der Waals surface area contributed by atoms with Crippen LogP contribution in [0.4, 0.5) is 0 Å². The second-order valence-corrected chi connectivity index (χ2v) is 3.47. The number of rotatable bonds is 3. The van der Waals surface area contributed by atoms with Crippen LogP contribution in [0.2, 0.25) is 0 Å². The van der Waals surface area contributed by atoms with Crippen molar-refractivity contribution in [2.24, 2.45) is 5.73 Å². The fraction of sp³-hybridized carbons (Fsp3) is 0.364. The first-order chi connectivity index (χ1) is 6.11. The SMILES string of the molecule is C=C(C)CC(N)c1ncccc1C. The van der Waals surface area contributed by atoms with E-state index in [4.69, 9.17) is 5.73 Å². The summed E-state index contributed by atoms with van der Waals surface area (Å²) in [5.74, 6) is 0. The molecule has 2 nitrogen and oxygen atoms in total. The fourth-order valence-corrected chi connectivity index (χ4v) is 1.36. The molecule has 0 radical (unpaired) electrons. The lowest BCUT2D eigenvalue weighted by Gasteiger charge is -2.12. The third-order valence-electron chi connectivity index (χ3n) is 1.97. The highest BCUT2D eigenvalue weighted by molar-refractivity contribution is 5.21. The van der Waals surface area contributed by atoms with E-state index in [9.17, 15) is 0 Å². The summed E-state index contributed by atoms with van der Waals surface area (Å²) in [5, 5.41) is 0. The van der Waals surface area contributed by atoms with Crippen LogP contribution in [0.25, 0.3) is 0 Å². The number of hydrogen-bond donors (Lipinski definition) is 1. The van der Waals surface area contributed by atoms with E-state index < -0.39 is 0 Å². The van der Waals surface area contributed by atoms with Crippen LogP contribution in [-0.4, -0.2) is 4.98 Å². The zero-order valence-electron chi connectivity index (χ0n) is 8.25.